The van der Waals surface area contributed by atoms with Crippen LogP contribution in [0.3, 0.4) is 0 Å². The molecule has 7 rings (SSSR count). The van der Waals surface area contributed by atoms with E-state index in [-0.39, 0.29) is 36.1 Å². The Labute approximate surface area is 360 Å². The lowest BCUT2D eigenvalue weighted by atomic mass is 9.75. The second-order valence-electron chi connectivity index (χ2n) is 15.9. The van der Waals surface area contributed by atoms with E-state index >= 15 is 0 Å². The number of hydrogen-bond acceptors (Lipinski definition) is 9. The first kappa shape index (κ1) is 42.8. The standard InChI is InChI=1S/C47H50N8O7/c1-7-12-34(53-45(58)60-5)43(56)48-22-10-9-15-41-50-33-20-17-28(25-36(33)51-41)29-16-19-31-40(26-29)62-39-21-18-30(24-32(39)47(31,3)4)37-27-49-42(52-37)38-14-11-23-55(38)44(57)35(13-8-2)54-46(59)61-6/h1-2,16-21,24-27,34-35,38H,9-15,22-23H2,3-6H3,(H,48,56)(H,49,52)(H,50,51)(H,53,58)(H,54,59). The van der Waals surface area contributed by atoms with Crippen LogP contribution >= 0.6 is 0 Å². The number of rotatable bonds is 14. The highest BCUT2D eigenvalue weighted by Crippen LogP contribution is 2.50. The van der Waals surface area contributed by atoms with E-state index in [9.17, 15) is 19.2 Å². The van der Waals surface area contributed by atoms with E-state index in [1.165, 1.54) is 14.2 Å². The monoisotopic (exact) mass is 838 g/mol. The van der Waals surface area contributed by atoms with Crippen LogP contribution < -0.4 is 20.7 Å². The Hall–Kier alpha value is -7.26. The molecule has 0 spiro atoms. The third kappa shape index (κ3) is 9.07. The minimum Gasteiger partial charge on any atom is -0.457 e. The third-order valence-electron chi connectivity index (χ3n) is 11.5. The van der Waals surface area contributed by atoms with Gasteiger partial charge in [-0.05, 0) is 73.2 Å². The largest absolute Gasteiger partial charge is 0.457 e. The first-order valence-corrected chi connectivity index (χ1v) is 20.6. The van der Waals surface area contributed by atoms with Gasteiger partial charge in [0, 0.05) is 54.5 Å². The number of methoxy groups -OCH3 is 2. The second kappa shape index (κ2) is 18.6. The smallest absolute Gasteiger partial charge is 0.407 e. The van der Waals surface area contributed by atoms with Gasteiger partial charge in [-0.25, -0.2) is 19.6 Å². The van der Waals surface area contributed by atoms with Gasteiger partial charge in [-0.3, -0.25) is 9.59 Å². The maximum absolute atomic E-state index is 13.5. The summed E-state index contributed by atoms with van der Waals surface area (Å²) in [5, 5.41) is 7.85. The fraction of sp³-hybridized carbons (Fsp3) is 0.362. The molecule has 5 N–H and O–H groups in total. The zero-order valence-corrected chi connectivity index (χ0v) is 35.2. The van der Waals surface area contributed by atoms with E-state index < -0.39 is 24.3 Å². The van der Waals surface area contributed by atoms with Crippen LogP contribution in [0.4, 0.5) is 9.59 Å². The van der Waals surface area contributed by atoms with Crippen LogP contribution in [0.5, 0.6) is 11.5 Å². The van der Waals surface area contributed by atoms with Crippen LogP contribution in [0.15, 0.2) is 60.8 Å². The van der Waals surface area contributed by atoms with Crippen molar-refractivity contribution in [3.05, 3.63) is 83.6 Å². The van der Waals surface area contributed by atoms with Crippen molar-refractivity contribution >= 4 is 35.0 Å². The predicted octanol–water partition coefficient (Wildman–Crippen LogP) is 6.65. The van der Waals surface area contributed by atoms with Gasteiger partial charge in [-0.1, -0.05) is 32.0 Å². The summed E-state index contributed by atoms with van der Waals surface area (Å²) in [4.78, 5) is 67.6. The van der Waals surface area contributed by atoms with Crippen LogP contribution in [0, 0.1) is 24.7 Å². The average molecular weight is 839 g/mol. The van der Waals surface area contributed by atoms with Gasteiger partial charge >= 0.3 is 12.2 Å². The van der Waals surface area contributed by atoms with Gasteiger partial charge in [0.25, 0.3) is 0 Å². The fourth-order valence-corrected chi connectivity index (χ4v) is 8.17. The minimum absolute atomic E-state index is 0.0472. The molecule has 2 aliphatic heterocycles. The predicted molar refractivity (Wildman–Crippen MR) is 233 cm³/mol. The molecular formula is C47H50N8O7. The molecule has 3 atom stereocenters. The van der Waals surface area contributed by atoms with Crippen molar-refractivity contribution < 1.29 is 33.4 Å². The van der Waals surface area contributed by atoms with Crippen molar-refractivity contribution in [1.82, 2.24) is 40.8 Å². The van der Waals surface area contributed by atoms with E-state index in [1.807, 2.05) is 18.2 Å². The topological polar surface area (TPSA) is 193 Å². The highest BCUT2D eigenvalue weighted by molar-refractivity contribution is 5.87. The molecule has 4 amide bonds. The van der Waals surface area contributed by atoms with Crippen LogP contribution in [0.2, 0.25) is 0 Å². The molecule has 15 nitrogen and oxygen atoms in total. The van der Waals surface area contributed by atoms with Gasteiger partial charge in [-0.2, -0.15) is 0 Å². The Morgan fingerprint density at radius 2 is 1.60 bits per heavy atom. The summed E-state index contributed by atoms with van der Waals surface area (Å²) in [7, 11) is 2.47. The van der Waals surface area contributed by atoms with Gasteiger partial charge in [0.05, 0.1) is 43.2 Å². The Morgan fingerprint density at radius 1 is 0.887 bits per heavy atom. The number of aromatic amines is 2. The molecule has 5 aromatic rings. The molecule has 0 radical (unpaired) electrons. The number of nitrogens with zero attached hydrogens (tertiary/aromatic N) is 3. The summed E-state index contributed by atoms with van der Waals surface area (Å²) < 4.78 is 15.9. The lowest BCUT2D eigenvalue weighted by Gasteiger charge is -2.35. The zero-order valence-electron chi connectivity index (χ0n) is 35.2. The quantitative estimate of drug-likeness (QED) is 0.0602. The number of unbranched alkanes of at least 4 members (excludes halogenated alkanes) is 1. The van der Waals surface area contributed by atoms with Crippen LogP contribution in [0.1, 0.15) is 81.2 Å². The highest BCUT2D eigenvalue weighted by Gasteiger charge is 2.37. The van der Waals surface area contributed by atoms with Crippen LogP contribution in [0.25, 0.3) is 33.4 Å². The first-order chi connectivity index (χ1) is 29.9. The number of imidazole rings is 2. The van der Waals surface area contributed by atoms with Crippen molar-refractivity contribution in [2.75, 3.05) is 27.3 Å². The number of aromatic nitrogens is 4. The number of terminal acetylenes is 2. The molecule has 62 heavy (non-hydrogen) atoms. The SMILES string of the molecule is C#CCC(NC(=O)OC)C(=O)NCCCCc1nc2ccc(-c3ccc4c(c3)Oc3ccc(-c5cnc(C6CCCN6C(=O)C(CC#C)NC(=O)OC)[nH]5)cc3C4(C)C)cc2[nH]1. The minimum atomic E-state index is -0.893. The zero-order chi connectivity index (χ0) is 44.0. The molecule has 1 saturated heterocycles. The summed E-state index contributed by atoms with van der Waals surface area (Å²) in [5.41, 5.74) is 7.27. The molecule has 1 fully saturated rings. The number of H-pyrrole nitrogens is 2. The van der Waals surface area contributed by atoms with E-state index in [1.54, 1.807) is 11.1 Å². The molecule has 2 aromatic heterocycles. The Kier molecular flexibility index (Phi) is 12.8. The van der Waals surface area contributed by atoms with Gasteiger partial charge < -0.3 is 45.0 Å². The Balaban J connectivity index is 1.00. The van der Waals surface area contributed by atoms with Crippen LogP contribution in [-0.2, 0) is 30.9 Å². The van der Waals surface area contributed by atoms with Gasteiger partial charge in [0.15, 0.2) is 0 Å². The van der Waals surface area contributed by atoms with Gasteiger partial charge in [-0.15, -0.1) is 24.7 Å². The number of hydrogen-bond donors (Lipinski definition) is 5. The van der Waals surface area contributed by atoms with Gasteiger partial charge in [0.1, 0.15) is 35.2 Å². The number of nitrogens with one attached hydrogen (secondary N) is 5. The summed E-state index contributed by atoms with van der Waals surface area (Å²) in [5.74, 6) is 7.34. The molecule has 2 aliphatic rings. The van der Waals surface area contributed by atoms with Crippen molar-refractivity contribution in [3.63, 3.8) is 0 Å². The summed E-state index contributed by atoms with van der Waals surface area (Å²) in [6, 6.07) is 16.6. The molecule has 4 heterocycles. The molecular weight excluding hydrogens is 789 g/mol. The summed E-state index contributed by atoms with van der Waals surface area (Å²) in [6.07, 6.45) is 15.1. The number of carbonyl (C=O) groups excluding carboxylic acids is 4. The van der Waals surface area contributed by atoms with Crippen molar-refractivity contribution in [2.45, 2.75) is 82.3 Å². The number of carbonyl (C=O) groups is 4. The first-order valence-electron chi connectivity index (χ1n) is 20.6. The van der Waals surface area contributed by atoms with E-state index in [4.69, 9.17) is 32.3 Å². The molecule has 15 heteroatoms. The van der Waals surface area contributed by atoms with E-state index in [0.717, 1.165) is 81.1 Å². The molecule has 0 saturated carbocycles. The second-order valence-corrected chi connectivity index (χ2v) is 15.9. The Bertz CT molecular complexity index is 2580. The number of ether oxygens (including phenoxy) is 3. The third-order valence-corrected chi connectivity index (χ3v) is 11.5. The average Bonchev–Trinajstić information content (AvgIpc) is 4.05. The van der Waals surface area contributed by atoms with E-state index in [2.05, 4.69) is 92.7 Å². The number of fused-ring (bicyclic) bond motifs is 3. The molecule has 3 aromatic carbocycles. The summed E-state index contributed by atoms with van der Waals surface area (Å²) >= 11 is 0. The van der Waals surface area contributed by atoms with Crippen molar-refractivity contribution in [3.8, 4) is 58.6 Å². The fourth-order valence-electron chi connectivity index (χ4n) is 8.17. The highest BCUT2D eigenvalue weighted by atomic mass is 16.5. The van der Waals surface area contributed by atoms with Crippen molar-refractivity contribution in [1.29, 1.82) is 0 Å². The van der Waals surface area contributed by atoms with Gasteiger partial charge in [0.2, 0.25) is 11.8 Å². The molecule has 0 aliphatic carbocycles. The number of alkyl carbamates (subject to hydrolysis) is 2. The van der Waals surface area contributed by atoms with Crippen LogP contribution in [-0.4, -0.2) is 88.2 Å². The van der Waals surface area contributed by atoms with E-state index in [0.29, 0.717) is 31.8 Å². The van der Waals surface area contributed by atoms with Crippen molar-refractivity contribution in [2.24, 2.45) is 0 Å². The normalized spacial score (nSPS) is 15.8. The maximum atomic E-state index is 13.5. The molecule has 0 bridgehead atoms. The number of aryl methyl sites for hydroxylation is 1. The molecule has 3 unspecified atom stereocenters. The lowest BCUT2D eigenvalue weighted by Crippen LogP contribution is -2.48. The lowest BCUT2D eigenvalue weighted by molar-refractivity contribution is -0.134. The molecule has 320 valence electrons. The summed E-state index contributed by atoms with van der Waals surface area (Å²) in [6.45, 7) is 5.34. The number of benzene rings is 3. The number of amides is 4. The Morgan fingerprint density at radius 3 is 2.35 bits per heavy atom. The number of likely N-dealkylation sites (tertiary alicyclic amines) is 1. The maximum Gasteiger partial charge on any atom is 0.407 e.